The van der Waals surface area contributed by atoms with Crippen molar-refractivity contribution in [2.45, 2.75) is 26.8 Å². The van der Waals surface area contributed by atoms with Crippen LogP contribution in [0.5, 0.6) is 0 Å². The van der Waals surface area contributed by atoms with Gasteiger partial charge in [0.15, 0.2) is 0 Å². The highest BCUT2D eigenvalue weighted by Crippen LogP contribution is 2.21. The van der Waals surface area contributed by atoms with Crippen LogP contribution in [0.15, 0.2) is 41.5 Å². The molecule has 1 aliphatic heterocycles. The van der Waals surface area contributed by atoms with Crippen LogP contribution in [0.1, 0.15) is 18.3 Å². The molecule has 4 aromatic heterocycles. The Morgan fingerprint density at radius 1 is 1.10 bits per heavy atom. The summed E-state index contributed by atoms with van der Waals surface area (Å²) in [5.41, 5.74) is 5.48. The first-order chi connectivity index (χ1) is 14.0. The van der Waals surface area contributed by atoms with Crippen molar-refractivity contribution in [3.05, 3.63) is 58.4 Å². The van der Waals surface area contributed by atoms with Crippen LogP contribution >= 0.6 is 0 Å². The van der Waals surface area contributed by atoms with Crippen molar-refractivity contribution in [3.8, 4) is 11.4 Å². The Balaban J connectivity index is 1.57. The Bertz CT molecular complexity index is 1290. The fraction of sp³-hybridized carbons (Fsp3) is 0.333. The fourth-order valence-electron chi connectivity index (χ4n) is 3.99. The smallest absolute Gasteiger partial charge is 0.258 e. The molecule has 0 bridgehead atoms. The van der Waals surface area contributed by atoms with Gasteiger partial charge in [-0.1, -0.05) is 0 Å². The number of pyridine rings is 1. The number of anilines is 1. The van der Waals surface area contributed by atoms with E-state index >= 15 is 0 Å². The van der Waals surface area contributed by atoms with E-state index in [0.29, 0.717) is 23.1 Å². The number of piperazine rings is 1. The van der Waals surface area contributed by atoms with Gasteiger partial charge in [0.2, 0.25) is 0 Å². The summed E-state index contributed by atoms with van der Waals surface area (Å²) in [4.78, 5) is 24.3. The lowest BCUT2D eigenvalue weighted by Crippen LogP contribution is -2.49. The molecule has 0 spiro atoms. The number of hydrogen-bond donors (Lipinski definition) is 1. The molecule has 1 atom stereocenters. The average molecular weight is 389 g/mol. The van der Waals surface area contributed by atoms with Crippen LogP contribution in [0.3, 0.4) is 0 Å². The average Bonchev–Trinajstić information content (AvgIpc) is 3.12. The van der Waals surface area contributed by atoms with E-state index in [1.54, 1.807) is 15.0 Å². The minimum absolute atomic E-state index is 0.113. The number of fused-ring (bicyclic) bond motifs is 2. The van der Waals surface area contributed by atoms with Gasteiger partial charge in [0, 0.05) is 37.9 Å². The van der Waals surface area contributed by atoms with E-state index in [9.17, 15) is 4.79 Å². The molecule has 5 heterocycles. The Morgan fingerprint density at radius 2 is 1.97 bits per heavy atom. The summed E-state index contributed by atoms with van der Waals surface area (Å²) in [7, 11) is 0. The minimum Gasteiger partial charge on any atom is -0.368 e. The van der Waals surface area contributed by atoms with Crippen molar-refractivity contribution in [1.29, 1.82) is 0 Å². The van der Waals surface area contributed by atoms with Gasteiger partial charge < -0.3 is 10.2 Å². The molecule has 4 aromatic rings. The predicted octanol–water partition coefficient (Wildman–Crippen LogP) is 1.82. The van der Waals surface area contributed by atoms with Gasteiger partial charge in [-0.05, 0) is 39.0 Å². The first-order valence-electron chi connectivity index (χ1n) is 9.84. The van der Waals surface area contributed by atoms with E-state index in [2.05, 4.69) is 27.2 Å². The molecule has 5 rings (SSSR count). The van der Waals surface area contributed by atoms with Crippen LogP contribution in [0.2, 0.25) is 0 Å². The lowest BCUT2D eigenvalue weighted by atomic mass is 10.2. The maximum atomic E-state index is 12.9. The molecule has 8 heteroatoms. The summed E-state index contributed by atoms with van der Waals surface area (Å²) in [5.74, 6) is 0. The van der Waals surface area contributed by atoms with Gasteiger partial charge in [-0.15, -0.1) is 0 Å². The quantitative estimate of drug-likeness (QED) is 0.563. The standard InChI is InChI=1S/C21H23N7O/c1-13-10-26(7-6-22-13)16-4-5-20-24-17(9-21(29)27(20)12-16)18-8-19-15(3)23-14(2)11-28(19)25-18/h4-5,8-9,11-13,22H,6-7,10H2,1-3H3/t13-/m1/s1. The predicted molar refractivity (Wildman–Crippen MR) is 113 cm³/mol. The second-order valence-corrected chi connectivity index (χ2v) is 7.72. The third-order valence-corrected chi connectivity index (χ3v) is 5.40. The van der Waals surface area contributed by atoms with Crippen molar-refractivity contribution in [2.24, 2.45) is 0 Å². The molecule has 1 saturated heterocycles. The number of nitrogens with zero attached hydrogens (tertiary/aromatic N) is 6. The van der Waals surface area contributed by atoms with Crippen LogP contribution in [0.25, 0.3) is 22.6 Å². The van der Waals surface area contributed by atoms with Gasteiger partial charge >= 0.3 is 0 Å². The number of rotatable bonds is 2. The highest BCUT2D eigenvalue weighted by atomic mass is 16.1. The largest absolute Gasteiger partial charge is 0.368 e. The second-order valence-electron chi connectivity index (χ2n) is 7.72. The maximum Gasteiger partial charge on any atom is 0.258 e. The Hall–Kier alpha value is -3.26. The van der Waals surface area contributed by atoms with Gasteiger partial charge in [0.1, 0.15) is 11.3 Å². The first-order valence-corrected chi connectivity index (χ1v) is 9.84. The molecule has 0 radical (unpaired) electrons. The number of aromatic nitrogens is 5. The van der Waals surface area contributed by atoms with Crippen LogP contribution < -0.4 is 15.8 Å². The molecule has 0 unspecified atom stereocenters. The molecular weight excluding hydrogens is 366 g/mol. The van der Waals surface area contributed by atoms with Crippen molar-refractivity contribution in [3.63, 3.8) is 0 Å². The van der Waals surface area contributed by atoms with E-state index < -0.39 is 0 Å². The van der Waals surface area contributed by atoms with Gasteiger partial charge in [-0.3, -0.25) is 14.2 Å². The zero-order chi connectivity index (χ0) is 20.1. The summed E-state index contributed by atoms with van der Waals surface area (Å²) >= 11 is 0. The molecule has 8 nitrogen and oxygen atoms in total. The Morgan fingerprint density at radius 3 is 2.79 bits per heavy atom. The third kappa shape index (κ3) is 3.15. The second kappa shape index (κ2) is 6.66. The van der Waals surface area contributed by atoms with Gasteiger partial charge in [0.25, 0.3) is 5.56 Å². The summed E-state index contributed by atoms with van der Waals surface area (Å²) < 4.78 is 3.41. The van der Waals surface area contributed by atoms with Gasteiger partial charge in [-0.2, -0.15) is 5.10 Å². The van der Waals surface area contributed by atoms with Crippen LogP contribution in [0, 0.1) is 13.8 Å². The number of nitrogens with one attached hydrogen (secondary N) is 1. The van der Waals surface area contributed by atoms with Gasteiger partial charge in [-0.25, -0.2) is 9.50 Å². The molecule has 0 amide bonds. The minimum atomic E-state index is -0.113. The molecule has 0 aliphatic carbocycles. The molecule has 1 aliphatic rings. The van der Waals surface area contributed by atoms with E-state index in [1.807, 2.05) is 44.4 Å². The fourth-order valence-corrected chi connectivity index (χ4v) is 3.99. The molecule has 29 heavy (non-hydrogen) atoms. The zero-order valence-corrected chi connectivity index (χ0v) is 16.8. The summed E-state index contributed by atoms with van der Waals surface area (Å²) in [6.45, 7) is 8.83. The normalized spacial score (nSPS) is 17.3. The zero-order valence-electron chi connectivity index (χ0n) is 16.8. The maximum absolute atomic E-state index is 12.9. The first kappa shape index (κ1) is 17.8. The molecular formula is C21H23N7O. The summed E-state index contributed by atoms with van der Waals surface area (Å²) in [6, 6.07) is 7.84. The summed E-state index contributed by atoms with van der Waals surface area (Å²) in [5, 5.41) is 8.04. The van der Waals surface area contributed by atoms with Crippen molar-refractivity contribution >= 4 is 16.9 Å². The number of aryl methyl sites for hydroxylation is 2. The highest BCUT2D eigenvalue weighted by molar-refractivity contribution is 5.66. The van der Waals surface area contributed by atoms with Crippen LogP contribution in [-0.2, 0) is 0 Å². The summed E-state index contributed by atoms with van der Waals surface area (Å²) in [6.07, 6.45) is 3.76. The van der Waals surface area contributed by atoms with Crippen molar-refractivity contribution < 1.29 is 0 Å². The molecule has 0 aromatic carbocycles. The third-order valence-electron chi connectivity index (χ3n) is 5.40. The number of hydrogen-bond acceptors (Lipinski definition) is 6. The molecule has 1 N–H and O–H groups in total. The van der Waals surface area contributed by atoms with Crippen LogP contribution in [0.4, 0.5) is 5.69 Å². The van der Waals surface area contributed by atoms with Crippen molar-refractivity contribution in [2.75, 3.05) is 24.5 Å². The van der Waals surface area contributed by atoms with E-state index in [1.165, 1.54) is 0 Å². The highest BCUT2D eigenvalue weighted by Gasteiger charge is 2.17. The van der Waals surface area contributed by atoms with E-state index in [-0.39, 0.29) is 5.56 Å². The molecule has 148 valence electrons. The lowest BCUT2D eigenvalue weighted by molar-refractivity contribution is 0.484. The Kier molecular flexibility index (Phi) is 4.09. The lowest BCUT2D eigenvalue weighted by Gasteiger charge is -2.33. The van der Waals surface area contributed by atoms with Crippen molar-refractivity contribution in [1.82, 2.24) is 29.3 Å². The monoisotopic (exact) mass is 389 g/mol. The van der Waals surface area contributed by atoms with Gasteiger partial charge in [0.05, 0.1) is 34.5 Å². The van der Waals surface area contributed by atoms with E-state index in [0.717, 1.165) is 42.2 Å². The van der Waals surface area contributed by atoms with Crippen LogP contribution in [-0.4, -0.2) is 49.7 Å². The topological polar surface area (TPSA) is 79.8 Å². The molecule has 1 fully saturated rings. The Labute approximate surface area is 167 Å². The SMILES string of the molecule is Cc1cn2nc(-c3cc(=O)n4cc(N5CCN[C@H](C)C5)ccc4n3)cc2c(C)n1. The van der Waals surface area contributed by atoms with E-state index in [4.69, 9.17) is 4.98 Å². The molecule has 0 saturated carbocycles.